The predicted octanol–water partition coefficient (Wildman–Crippen LogP) is 6.21. The minimum Gasteiger partial charge on any atom is -0.113 e. The summed E-state index contributed by atoms with van der Waals surface area (Å²) < 4.78 is -0.270. The highest BCUT2D eigenvalue weighted by atomic mass is 35.5. The van der Waals surface area contributed by atoms with Gasteiger partial charge in [-0.15, -0.1) is 35.0 Å². The van der Waals surface area contributed by atoms with Crippen LogP contribution < -0.4 is 0 Å². The summed E-state index contributed by atoms with van der Waals surface area (Å²) in [4.78, 5) is 0. The largest absolute Gasteiger partial charge is 0.113 e. The molecule has 0 bridgehead atoms. The van der Waals surface area contributed by atoms with Crippen molar-refractivity contribution < 1.29 is 0 Å². The predicted molar refractivity (Wildman–Crippen MR) is 87.1 cm³/mol. The fourth-order valence-corrected chi connectivity index (χ4v) is 3.60. The molecule has 0 heterocycles. The van der Waals surface area contributed by atoms with Gasteiger partial charge in [0.05, 0.1) is 0 Å². The maximum absolute atomic E-state index is 6.41. The summed E-state index contributed by atoms with van der Waals surface area (Å²) in [5.41, 5.74) is 4.65. The van der Waals surface area contributed by atoms with Gasteiger partial charge >= 0.3 is 0 Å². The Kier molecular flexibility index (Phi) is 5.20. The normalized spacial score (nSPS) is 14.1. The van der Waals surface area contributed by atoms with Gasteiger partial charge in [0.25, 0.3) is 0 Å². The number of thioether (sulfide) groups is 1. The fraction of sp³-hybridized carbons (Fsp3) is 0.250. The molecule has 0 amide bonds. The molecule has 0 aromatic heterocycles. The second-order valence-electron chi connectivity index (χ2n) is 4.59. The Morgan fingerprint density at radius 3 is 1.32 bits per heavy atom. The molecule has 2 atom stereocenters. The highest BCUT2D eigenvalue weighted by Gasteiger charge is 2.16. The average molecular weight is 311 g/mol. The first-order valence-corrected chi connectivity index (χ1v) is 7.94. The highest BCUT2D eigenvalue weighted by molar-refractivity contribution is 8.01. The van der Waals surface area contributed by atoms with E-state index in [1.807, 2.05) is 0 Å². The van der Waals surface area contributed by atoms with E-state index >= 15 is 0 Å². The van der Waals surface area contributed by atoms with Gasteiger partial charge in [0.15, 0.2) is 0 Å². The van der Waals surface area contributed by atoms with E-state index < -0.39 is 0 Å². The molecule has 100 valence electrons. The van der Waals surface area contributed by atoms with Crippen LogP contribution in [-0.4, -0.2) is 0 Å². The Bertz CT molecular complexity index is 470. The van der Waals surface area contributed by atoms with Crippen LogP contribution in [0.5, 0.6) is 0 Å². The van der Waals surface area contributed by atoms with Crippen molar-refractivity contribution >= 4 is 35.0 Å². The first-order chi connectivity index (χ1) is 9.06. The minimum atomic E-state index is -0.135. The molecule has 0 fully saturated rings. The third-order valence-corrected chi connectivity index (χ3v) is 5.06. The molecule has 19 heavy (non-hydrogen) atoms. The zero-order valence-corrected chi connectivity index (χ0v) is 13.3. The molecule has 2 aromatic carbocycles. The summed E-state index contributed by atoms with van der Waals surface area (Å²) in [6.45, 7) is 4.13. The van der Waals surface area contributed by atoms with Crippen molar-refractivity contribution in [3.63, 3.8) is 0 Å². The zero-order chi connectivity index (χ0) is 13.8. The lowest BCUT2D eigenvalue weighted by atomic mass is 10.2. The zero-order valence-electron chi connectivity index (χ0n) is 10.9. The molecule has 0 saturated heterocycles. The summed E-state index contributed by atoms with van der Waals surface area (Å²) >= 11 is 14.4. The Morgan fingerprint density at radius 2 is 1.00 bits per heavy atom. The Balaban J connectivity index is 2.03. The van der Waals surface area contributed by atoms with Crippen LogP contribution in [0.1, 0.15) is 31.7 Å². The topological polar surface area (TPSA) is 0 Å². The van der Waals surface area contributed by atoms with Crippen molar-refractivity contribution in [1.82, 2.24) is 0 Å². The smallest absolute Gasteiger partial charge is 0.106 e. The molecule has 2 unspecified atom stereocenters. The van der Waals surface area contributed by atoms with Crippen molar-refractivity contribution in [2.75, 3.05) is 0 Å². The number of alkyl halides is 2. The molecule has 0 aliphatic carbocycles. The summed E-state index contributed by atoms with van der Waals surface area (Å²) in [5.74, 6) is 0. The maximum atomic E-state index is 6.41. The van der Waals surface area contributed by atoms with Gasteiger partial charge in [-0.25, -0.2) is 0 Å². The molecule has 0 saturated carbocycles. The van der Waals surface area contributed by atoms with E-state index in [0.29, 0.717) is 0 Å². The minimum absolute atomic E-state index is 0.135. The lowest BCUT2D eigenvalue weighted by Gasteiger charge is -2.15. The van der Waals surface area contributed by atoms with Crippen molar-refractivity contribution in [3.8, 4) is 0 Å². The Morgan fingerprint density at radius 1 is 0.684 bits per heavy atom. The van der Waals surface area contributed by atoms with Crippen LogP contribution in [0.15, 0.2) is 48.5 Å². The van der Waals surface area contributed by atoms with E-state index in [1.165, 1.54) is 11.1 Å². The number of aryl methyl sites for hydroxylation is 2. The molecule has 0 aliphatic rings. The number of halogens is 2. The van der Waals surface area contributed by atoms with Crippen molar-refractivity contribution in [2.24, 2.45) is 0 Å². The molecular weight excluding hydrogens is 295 g/mol. The van der Waals surface area contributed by atoms with Gasteiger partial charge in [0.2, 0.25) is 0 Å². The van der Waals surface area contributed by atoms with E-state index in [0.717, 1.165) is 11.1 Å². The maximum Gasteiger partial charge on any atom is 0.106 e. The number of rotatable bonds is 4. The third kappa shape index (κ3) is 4.17. The Hall–Kier alpha value is -0.630. The van der Waals surface area contributed by atoms with Crippen LogP contribution in [0.3, 0.4) is 0 Å². The van der Waals surface area contributed by atoms with Gasteiger partial charge in [-0.05, 0) is 25.0 Å². The van der Waals surface area contributed by atoms with E-state index in [9.17, 15) is 0 Å². The lowest BCUT2D eigenvalue weighted by Crippen LogP contribution is -1.91. The van der Waals surface area contributed by atoms with Gasteiger partial charge < -0.3 is 0 Å². The van der Waals surface area contributed by atoms with Crippen molar-refractivity contribution in [2.45, 2.75) is 23.3 Å². The van der Waals surface area contributed by atoms with Gasteiger partial charge in [-0.2, -0.15) is 0 Å². The van der Waals surface area contributed by atoms with Crippen LogP contribution in [0.25, 0.3) is 0 Å². The first-order valence-electron chi connectivity index (χ1n) is 6.13. The van der Waals surface area contributed by atoms with Gasteiger partial charge in [0, 0.05) is 0 Å². The monoisotopic (exact) mass is 310 g/mol. The number of hydrogen-bond acceptors (Lipinski definition) is 1. The molecular formula is C16H16Cl2S. The third-order valence-electron chi connectivity index (χ3n) is 2.92. The summed E-state index contributed by atoms with van der Waals surface area (Å²) in [5, 5.41) is 0. The van der Waals surface area contributed by atoms with Crippen molar-refractivity contribution in [1.29, 1.82) is 0 Å². The van der Waals surface area contributed by atoms with Crippen LogP contribution >= 0.6 is 35.0 Å². The van der Waals surface area contributed by atoms with Gasteiger partial charge in [-0.3, -0.25) is 0 Å². The molecule has 2 aromatic rings. The second-order valence-corrected chi connectivity index (χ2v) is 7.19. The molecule has 2 rings (SSSR count). The van der Waals surface area contributed by atoms with Gasteiger partial charge in [0.1, 0.15) is 9.42 Å². The molecule has 0 radical (unpaired) electrons. The molecule has 0 spiro atoms. The number of benzene rings is 2. The Labute approximate surface area is 129 Å². The first kappa shape index (κ1) is 14.8. The highest BCUT2D eigenvalue weighted by Crippen LogP contribution is 2.45. The lowest BCUT2D eigenvalue weighted by molar-refractivity contribution is 1.28. The SMILES string of the molecule is Cc1ccc(C(Cl)SC(Cl)c2ccc(C)cc2)cc1. The van der Waals surface area contributed by atoms with Crippen LogP contribution in [0.2, 0.25) is 0 Å². The molecule has 0 aliphatic heterocycles. The van der Waals surface area contributed by atoms with Crippen LogP contribution in [0.4, 0.5) is 0 Å². The second kappa shape index (κ2) is 6.69. The van der Waals surface area contributed by atoms with Crippen LogP contribution in [0, 0.1) is 13.8 Å². The fourth-order valence-electron chi connectivity index (χ4n) is 1.70. The molecule has 0 nitrogen and oxygen atoms in total. The van der Waals surface area contributed by atoms with Crippen molar-refractivity contribution in [3.05, 3.63) is 70.8 Å². The molecule has 0 N–H and O–H groups in total. The summed E-state index contributed by atoms with van der Waals surface area (Å²) in [7, 11) is 0. The quantitative estimate of drug-likeness (QED) is 0.605. The van der Waals surface area contributed by atoms with Gasteiger partial charge in [-0.1, -0.05) is 59.7 Å². The standard InChI is InChI=1S/C16H16Cl2S/c1-11-3-7-13(8-4-11)15(17)19-16(18)14-9-5-12(2)6-10-14/h3-10,15-16H,1-2H3. The number of hydrogen-bond donors (Lipinski definition) is 0. The van der Waals surface area contributed by atoms with E-state index in [-0.39, 0.29) is 9.42 Å². The summed E-state index contributed by atoms with van der Waals surface area (Å²) in [6.07, 6.45) is 0. The summed E-state index contributed by atoms with van der Waals surface area (Å²) in [6, 6.07) is 16.5. The van der Waals surface area contributed by atoms with Crippen LogP contribution in [-0.2, 0) is 0 Å². The molecule has 3 heteroatoms. The average Bonchev–Trinajstić information content (AvgIpc) is 2.40. The van der Waals surface area contributed by atoms with E-state index in [4.69, 9.17) is 23.2 Å². The van der Waals surface area contributed by atoms with E-state index in [1.54, 1.807) is 11.8 Å². The van der Waals surface area contributed by atoms with E-state index in [2.05, 4.69) is 62.4 Å².